The molecule has 2 fully saturated rings. The second-order valence-corrected chi connectivity index (χ2v) is 11.6. The molecule has 0 spiro atoms. The predicted molar refractivity (Wildman–Crippen MR) is 174 cm³/mol. The third-order valence-electron chi connectivity index (χ3n) is 7.87. The molecule has 2 saturated heterocycles. The number of fused-ring (bicyclic) bond motifs is 1. The van der Waals surface area contributed by atoms with E-state index in [1.165, 1.54) is 18.3 Å². The lowest BCUT2D eigenvalue weighted by Gasteiger charge is -2.19. The van der Waals surface area contributed by atoms with Crippen LogP contribution in [0.15, 0.2) is 72.4 Å². The van der Waals surface area contributed by atoms with Crippen molar-refractivity contribution in [2.75, 3.05) is 31.6 Å². The van der Waals surface area contributed by atoms with Gasteiger partial charge >= 0.3 is 0 Å². The summed E-state index contributed by atoms with van der Waals surface area (Å²) in [6.07, 6.45) is 5.45. The molecule has 2 aliphatic heterocycles. The van der Waals surface area contributed by atoms with Crippen molar-refractivity contribution in [1.82, 2.24) is 15.6 Å². The molecular weight excluding hydrogens is 609 g/mol. The fourth-order valence-electron chi connectivity index (χ4n) is 5.46. The molecule has 4 aromatic rings. The van der Waals surface area contributed by atoms with Gasteiger partial charge in [0.25, 0.3) is 0 Å². The van der Waals surface area contributed by atoms with E-state index in [0.29, 0.717) is 51.8 Å². The van der Waals surface area contributed by atoms with E-state index in [4.69, 9.17) is 25.8 Å². The average molecular weight is 642 g/mol. The molecule has 6 rings (SSSR count). The van der Waals surface area contributed by atoms with Crippen molar-refractivity contribution in [3.63, 3.8) is 0 Å². The first kappa shape index (κ1) is 31.3. The number of nitrogens with one attached hydrogen (secondary N) is 3. The van der Waals surface area contributed by atoms with Crippen molar-refractivity contribution in [3.05, 3.63) is 100.0 Å². The van der Waals surface area contributed by atoms with Gasteiger partial charge in [-0.3, -0.25) is 9.78 Å². The molecule has 3 heterocycles. The van der Waals surface area contributed by atoms with Crippen LogP contribution in [0.1, 0.15) is 36.0 Å². The maximum absolute atomic E-state index is 15.1. The van der Waals surface area contributed by atoms with Gasteiger partial charge in [0, 0.05) is 59.0 Å². The lowest BCUT2D eigenvalue weighted by molar-refractivity contribution is -0.116. The van der Waals surface area contributed by atoms with Crippen LogP contribution in [-0.4, -0.2) is 43.3 Å². The number of carbonyl (C=O) groups is 1. The number of benzene rings is 3. The van der Waals surface area contributed by atoms with Gasteiger partial charge in [0.1, 0.15) is 24.5 Å². The lowest BCUT2D eigenvalue weighted by atomic mass is 10.0. The van der Waals surface area contributed by atoms with Crippen LogP contribution in [0.2, 0.25) is 5.02 Å². The fourth-order valence-corrected chi connectivity index (χ4v) is 5.67. The summed E-state index contributed by atoms with van der Waals surface area (Å²) in [5.41, 5.74) is 4.36. The number of hydrogen-bond acceptors (Lipinski definition) is 8. The Kier molecular flexibility index (Phi) is 9.94. The minimum Gasteiger partial charge on any atom is -0.487 e. The number of pyridine rings is 1. The quantitative estimate of drug-likeness (QED) is 0.172. The Morgan fingerprint density at radius 3 is 2.80 bits per heavy atom. The van der Waals surface area contributed by atoms with Gasteiger partial charge in [0.2, 0.25) is 5.91 Å². The van der Waals surface area contributed by atoms with Gasteiger partial charge in [0.15, 0.2) is 11.6 Å². The Balaban J connectivity index is 1.27. The molecule has 1 unspecified atom stereocenters. The monoisotopic (exact) mass is 641 g/mol. The van der Waals surface area contributed by atoms with E-state index in [0.717, 1.165) is 43.5 Å². The molecule has 0 radical (unpaired) electrons. The van der Waals surface area contributed by atoms with E-state index < -0.39 is 5.82 Å². The zero-order chi connectivity index (χ0) is 31.9. The summed E-state index contributed by atoms with van der Waals surface area (Å²) in [5.74, 6) is -0.0822. The highest BCUT2D eigenvalue weighted by molar-refractivity contribution is 6.30. The molecule has 3 N–H and O–H groups in total. The Labute approximate surface area is 271 Å². The highest BCUT2D eigenvalue weighted by atomic mass is 35.5. The highest BCUT2D eigenvalue weighted by Crippen LogP contribution is 2.35. The van der Waals surface area contributed by atoms with Gasteiger partial charge in [-0.2, -0.15) is 5.26 Å². The standard InChI is InChI=1S/C35H33ClFN5O4/c36-26-3-1-2-23(12-26)20-45-32-5-4-27(15-30(32)37)42-35-25(17-38)19-40-31-16-33(46-28-8-11-44-21-28)24(14-29(31)35)18-41-34(43)13-22-6-9-39-10-7-22/h1-5,12-16,19,28,39H,6-11,18,20-21H2,(H,40,42)(H,41,43). The Morgan fingerprint density at radius 1 is 1.17 bits per heavy atom. The van der Waals surface area contributed by atoms with Crippen molar-refractivity contribution in [1.29, 1.82) is 5.26 Å². The van der Waals surface area contributed by atoms with E-state index >= 15 is 4.39 Å². The Bertz CT molecular complexity index is 1810. The fraction of sp³-hybridized carbons (Fsp3) is 0.286. The number of carbonyl (C=O) groups excluding carboxylic acids is 1. The molecule has 1 amide bonds. The van der Waals surface area contributed by atoms with Crippen LogP contribution >= 0.6 is 11.6 Å². The Morgan fingerprint density at radius 2 is 2.04 bits per heavy atom. The zero-order valence-electron chi connectivity index (χ0n) is 25.1. The highest BCUT2D eigenvalue weighted by Gasteiger charge is 2.21. The van der Waals surface area contributed by atoms with Crippen LogP contribution in [0.3, 0.4) is 0 Å². The average Bonchev–Trinajstić information content (AvgIpc) is 3.57. The largest absolute Gasteiger partial charge is 0.487 e. The van der Waals surface area contributed by atoms with Crippen molar-refractivity contribution < 1.29 is 23.4 Å². The van der Waals surface area contributed by atoms with Crippen LogP contribution < -0.4 is 25.4 Å². The number of nitriles is 1. The molecule has 0 aliphatic carbocycles. The summed E-state index contributed by atoms with van der Waals surface area (Å²) in [6.45, 7) is 3.16. The molecule has 2 aliphatic rings. The second kappa shape index (κ2) is 14.6. The van der Waals surface area contributed by atoms with Crippen LogP contribution in [0.4, 0.5) is 15.8 Å². The molecule has 0 bridgehead atoms. The van der Waals surface area contributed by atoms with Crippen LogP contribution in [0.5, 0.6) is 11.5 Å². The first-order valence-electron chi connectivity index (χ1n) is 15.2. The van der Waals surface area contributed by atoms with Crippen LogP contribution in [-0.2, 0) is 22.7 Å². The van der Waals surface area contributed by atoms with Crippen molar-refractivity contribution in [3.8, 4) is 17.6 Å². The van der Waals surface area contributed by atoms with Crippen LogP contribution in [0.25, 0.3) is 10.9 Å². The van der Waals surface area contributed by atoms with Gasteiger partial charge in [-0.15, -0.1) is 0 Å². The number of nitrogens with zero attached hydrogens (tertiary/aromatic N) is 2. The first-order valence-corrected chi connectivity index (χ1v) is 15.5. The number of piperidine rings is 1. The number of rotatable bonds is 10. The van der Waals surface area contributed by atoms with E-state index in [9.17, 15) is 10.1 Å². The van der Waals surface area contributed by atoms with Crippen LogP contribution in [0, 0.1) is 17.1 Å². The molecule has 1 aromatic heterocycles. The summed E-state index contributed by atoms with van der Waals surface area (Å²) in [6, 6.07) is 17.5. The second-order valence-electron chi connectivity index (χ2n) is 11.2. The first-order chi connectivity index (χ1) is 22.4. The van der Waals surface area contributed by atoms with E-state index in [2.05, 4.69) is 27.0 Å². The lowest BCUT2D eigenvalue weighted by Crippen LogP contribution is -2.26. The summed E-state index contributed by atoms with van der Waals surface area (Å²) < 4.78 is 32.6. The molecule has 236 valence electrons. The van der Waals surface area contributed by atoms with Crippen molar-refractivity contribution in [2.45, 2.75) is 38.5 Å². The minimum absolute atomic E-state index is 0.0841. The number of amides is 1. The van der Waals surface area contributed by atoms with Gasteiger partial charge in [0.05, 0.1) is 30.0 Å². The summed E-state index contributed by atoms with van der Waals surface area (Å²) >= 11 is 6.05. The number of aromatic nitrogens is 1. The number of halogens is 2. The minimum atomic E-state index is -0.565. The van der Waals surface area contributed by atoms with Gasteiger partial charge < -0.3 is 30.2 Å². The predicted octanol–water partition coefficient (Wildman–Crippen LogP) is 6.32. The molecule has 11 heteroatoms. The van der Waals surface area contributed by atoms with Gasteiger partial charge in [-0.25, -0.2) is 4.39 Å². The van der Waals surface area contributed by atoms with Crippen molar-refractivity contribution >= 4 is 39.8 Å². The third-order valence-corrected chi connectivity index (χ3v) is 8.11. The zero-order valence-corrected chi connectivity index (χ0v) is 25.8. The number of hydrogen-bond donors (Lipinski definition) is 3. The van der Waals surface area contributed by atoms with Gasteiger partial charge in [-0.1, -0.05) is 29.3 Å². The summed E-state index contributed by atoms with van der Waals surface area (Å²) in [5, 5.41) is 20.7. The molecule has 1 atom stereocenters. The summed E-state index contributed by atoms with van der Waals surface area (Å²) in [4.78, 5) is 17.3. The van der Waals surface area contributed by atoms with Crippen molar-refractivity contribution in [2.24, 2.45) is 0 Å². The third kappa shape index (κ3) is 7.74. The van der Waals surface area contributed by atoms with E-state index in [1.54, 1.807) is 36.4 Å². The topological polar surface area (TPSA) is 118 Å². The SMILES string of the molecule is N#Cc1cnc2cc(OC3CCOC3)c(CNC(=O)C=C3CCNCC3)cc2c1Nc1ccc(OCc2cccc(Cl)c2)c(F)c1. The van der Waals surface area contributed by atoms with Gasteiger partial charge in [-0.05, 0) is 61.8 Å². The summed E-state index contributed by atoms with van der Waals surface area (Å²) in [7, 11) is 0. The number of anilines is 2. The smallest absolute Gasteiger partial charge is 0.244 e. The molecule has 9 nitrogen and oxygen atoms in total. The van der Waals surface area contributed by atoms with E-state index in [1.807, 2.05) is 12.1 Å². The maximum atomic E-state index is 15.1. The maximum Gasteiger partial charge on any atom is 0.244 e. The van der Waals surface area contributed by atoms with E-state index in [-0.39, 0.29) is 36.5 Å². The normalized spacial score (nSPS) is 16.1. The molecule has 46 heavy (non-hydrogen) atoms. The number of ether oxygens (including phenoxy) is 3. The Hall–Kier alpha value is -4.69. The molecule has 0 saturated carbocycles. The molecular formula is C35H33ClFN5O4. The molecule has 3 aromatic carbocycles.